The minimum atomic E-state index is -0.0285. The van der Waals surface area contributed by atoms with Crippen LogP contribution in [0.4, 0.5) is 0 Å². The van der Waals surface area contributed by atoms with Crippen LogP contribution in [0.1, 0.15) is 41.9 Å². The van der Waals surface area contributed by atoms with Gasteiger partial charge in [-0.2, -0.15) is 0 Å². The molecular formula is C26H31N3O3. The lowest BCUT2D eigenvalue weighted by molar-refractivity contribution is 0.0299. The molecule has 2 aliphatic rings. The van der Waals surface area contributed by atoms with Gasteiger partial charge in [-0.25, -0.2) is 0 Å². The molecule has 32 heavy (non-hydrogen) atoms. The van der Waals surface area contributed by atoms with Crippen LogP contribution in [0.3, 0.4) is 0 Å². The summed E-state index contributed by atoms with van der Waals surface area (Å²) in [7, 11) is 0. The van der Waals surface area contributed by atoms with Gasteiger partial charge in [-0.05, 0) is 55.8 Å². The third-order valence-electron chi connectivity index (χ3n) is 6.55. The van der Waals surface area contributed by atoms with E-state index in [2.05, 4.69) is 28.1 Å². The molecule has 0 unspecified atom stereocenters. The van der Waals surface area contributed by atoms with Gasteiger partial charge in [0.2, 0.25) is 0 Å². The van der Waals surface area contributed by atoms with Crippen LogP contribution in [0.15, 0.2) is 47.0 Å². The van der Waals surface area contributed by atoms with E-state index in [1.165, 1.54) is 38.8 Å². The Morgan fingerprint density at radius 1 is 0.906 bits per heavy atom. The van der Waals surface area contributed by atoms with E-state index in [9.17, 15) is 4.79 Å². The van der Waals surface area contributed by atoms with Crippen molar-refractivity contribution in [2.45, 2.75) is 32.1 Å². The standard InChI is InChI=1S/C26H31N3O3/c30-26(29-13-15-31-16-14-29)24-7-5-21(19-27-24)20-6-8-25-22(17-20)18-23(32-25)9-12-28-10-3-1-2-4-11-28/h5-8,17-19H,1-4,9-16H2. The SMILES string of the molecule is O=C(c1ccc(-c2ccc3oc(CCN4CCCCCC4)cc3c2)cn1)N1CCOCC1. The minimum Gasteiger partial charge on any atom is -0.461 e. The zero-order chi connectivity index (χ0) is 21.8. The zero-order valence-electron chi connectivity index (χ0n) is 18.6. The molecule has 1 amide bonds. The number of rotatable bonds is 5. The number of amides is 1. The molecule has 2 fully saturated rings. The number of likely N-dealkylation sites (tertiary alicyclic amines) is 1. The quantitative estimate of drug-likeness (QED) is 0.597. The highest BCUT2D eigenvalue weighted by atomic mass is 16.5. The number of furan rings is 1. The molecule has 0 radical (unpaired) electrons. The van der Waals surface area contributed by atoms with E-state index in [1.807, 2.05) is 18.2 Å². The largest absolute Gasteiger partial charge is 0.461 e. The van der Waals surface area contributed by atoms with E-state index in [0.29, 0.717) is 32.0 Å². The van der Waals surface area contributed by atoms with Gasteiger partial charge in [0.25, 0.3) is 5.91 Å². The maximum Gasteiger partial charge on any atom is 0.272 e. The predicted molar refractivity (Wildman–Crippen MR) is 125 cm³/mol. The number of pyridine rings is 1. The van der Waals surface area contributed by atoms with Gasteiger partial charge in [0.05, 0.1) is 13.2 Å². The first-order valence-corrected chi connectivity index (χ1v) is 11.8. The number of hydrogen-bond acceptors (Lipinski definition) is 5. The van der Waals surface area contributed by atoms with Crippen molar-refractivity contribution < 1.29 is 13.9 Å². The third-order valence-corrected chi connectivity index (χ3v) is 6.55. The van der Waals surface area contributed by atoms with E-state index in [1.54, 1.807) is 11.1 Å². The number of nitrogens with zero attached hydrogens (tertiary/aromatic N) is 3. The second-order valence-corrected chi connectivity index (χ2v) is 8.81. The molecule has 2 aromatic heterocycles. The Balaban J connectivity index is 1.26. The number of hydrogen-bond donors (Lipinski definition) is 0. The first-order chi connectivity index (χ1) is 15.8. The van der Waals surface area contributed by atoms with Gasteiger partial charge in [-0.1, -0.05) is 25.0 Å². The molecule has 0 spiro atoms. The zero-order valence-corrected chi connectivity index (χ0v) is 18.6. The van der Waals surface area contributed by atoms with E-state index >= 15 is 0 Å². The van der Waals surface area contributed by atoms with Crippen LogP contribution in [0.5, 0.6) is 0 Å². The summed E-state index contributed by atoms with van der Waals surface area (Å²) in [6.45, 7) is 5.92. The van der Waals surface area contributed by atoms with Crippen molar-refractivity contribution in [1.82, 2.24) is 14.8 Å². The Bertz CT molecular complexity index is 1050. The summed E-state index contributed by atoms with van der Waals surface area (Å²) in [4.78, 5) is 21.4. The van der Waals surface area contributed by atoms with Crippen LogP contribution in [-0.2, 0) is 11.2 Å². The van der Waals surface area contributed by atoms with E-state index in [0.717, 1.165) is 40.8 Å². The Kier molecular flexibility index (Phi) is 6.51. The topological polar surface area (TPSA) is 58.8 Å². The smallest absolute Gasteiger partial charge is 0.272 e. The second-order valence-electron chi connectivity index (χ2n) is 8.81. The molecule has 0 bridgehead atoms. The van der Waals surface area contributed by atoms with Gasteiger partial charge < -0.3 is 19.0 Å². The molecule has 1 aromatic carbocycles. The Hall–Kier alpha value is -2.70. The number of aromatic nitrogens is 1. The average molecular weight is 434 g/mol. The van der Waals surface area contributed by atoms with Gasteiger partial charge in [0.1, 0.15) is 17.0 Å². The Labute approximate surface area is 189 Å². The van der Waals surface area contributed by atoms with Crippen LogP contribution >= 0.6 is 0 Å². The minimum absolute atomic E-state index is 0.0285. The lowest BCUT2D eigenvalue weighted by Crippen LogP contribution is -2.41. The van der Waals surface area contributed by atoms with Crippen molar-refractivity contribution in [2.24, 2.45) is 0 Å². The van der Waals surface area contributed by atoms with Gasteiger partial charge in [-0.3, -0.25) is 9.78 Å². The van der Waals surface area contributed by atoms with E-state index < -0.39 is 0 Å². The summed E-state index contributed by atoms with van der Waals surface area (Å²) in [5.74, 6) is 1.02. The Morgan fingerprint density at radius 2 is 1.69 bits per heavy atom. The summed E-state index contributed by atoms with van der Waals surface area (Å²) >= 11 is 0. The molecular weight excluding hydrogens is 402 g/mol. The van der Waals surface area contributed by atoms with Gasteiger partial charge >= 0.3 is 0 Å². The lowest BCUT2D eigenvalue weighted by atomic mass is 10.1. The fourth-order valence-corrected chi connectivity index (χ4v) is 4.65. The summed E-state index contributed by atoms with van der Waals surface area (Å²) in [6.07, 6.45) is 8.09. The highest BCUT2D eigenvalue weighted by Crippen LogP contribution is 2.27. The van der Waals surface area contributed by atoms with Crippen LogP contribution in [0, 0.1) is 0 Å². The summed E-state index contributed by atoms with van der Waals surface area (Å²) in [5, 5.41) is 1.11. The molecule has 3 aromatic rings. The molecule has 168 valence electrons. The first-order valence-electron chi connectivity index (χ1n) is 11.8. The molecule has 4 heterocycles. The number of morpholine rings is 1. The fourth-order valence-electron chi connectivity index (χ4n) is 4.65. The maximum atomic E-state index is 12.6. The number of benzene rings is 1. The van der Waals surface area contributed by atoms with Crippen molar-refractivity contribution in [3.63, 3.8) is 0 Å². The van der Waals surface area contributed by atoms with Crippen LogP contribution in [0.25, 0.3) is 22.1 Å². The average Bonchev–Trinajstić information content (AvgIpc) is 3.07. The molecule has 6 nitrogen and oxygen atoms in total. The van der Waals surface area contributed by atoms with Crippen molar-refractivity contribution in [2.75, 3.05) is 45.9 Å². The lowest BCUT2D eigenvalue weighted by Gasteiger charge is -2.26. The van der Waals surface area contributed by atoms with E-state index in [-0.39, 0.29) is 5.91 Å². The van der Waals surface area contributed by atoms with E-state index in [4.69, 9.17) is 9.15 Å². The number of carbonyl (C=O) groups excluding carboxylic acids is 1. The number of carbonyl (C=O) groups is 1. The summed E-state index contributed by atoms with van der Waals surface area (Å²) < 4.78 is 11.4. The number of ether oxygens (including phenoxy) is 1. The summed E-state index contributed by atoms with van der Waals surface area (Å²) in [6, 6.07) is 12.2. The normalized spacial score (nSPS) is 18.1. The number of fused-ring (bicyclic) bond motifs is 1. The van der Waals surface area contributed by atoms with Crippen molar-refractivity contribution >= 4 is 16.9 Å². The fraction of sp³-hybridized carbons (Fsp3) is 0.462. The molecule has 0 N–H and O–H groups in total. The second kappa shape index (κ2) is 9.84. The molecule has 2 aliphatic heterocycles. The predicted octanol–water partition coefficient (Wildman–Crippen LogP) is 4.39. The van der Waals surface area contributed by atoms with Crippen molar-refractivity contribution in [1.29, 1.82) is 0 Å². The van der Waals surface area contributed by atoms with Gasteiger partial charge in [0.15, 0.2) is 0 Å². The third kappa shape index (κ3) is 4.87. The molecule has 6 heteroatoms. The van der Waals surface area contributed by atoms with Crippen LogP contribution < -0.4 is 0 Å². The van der Waals surface area contributed by atoms with Gasteiger partial charge in [-0.15, -0.1) is 0 Å². The van der Waals surface area contributed by atoms with Crippen LogP contribution in [-0.4, -0.2) is 66.6 Å². The highest BCUT2D eigenvalue weighted by molar-refractivity contribution is 5.93. The van der Waals surface area contributed by atoms with Crippen molar-refractivity contribution in [3.05, 3.63) is 54.0 Å². The molecule has 0 aliphatic carbocycles. The molecule has 2 saturated heterocycles. The first kappa shape index (κ1) is 21.2. The highest BCUT2D eigenvalue weighted by Gasteiger charge is 2.19. The molecule has 0 atom stereocenters. The monoisotopic (exact) mass is 433 g/mol. The molecule has 5 rings (SSSR count). The maximum absolute atomic E-state index is 12.6. The van der Waals surface area contributed by atoms with Gasteiger partial charge in [0, 0.05) is 43.2 Å². The molecule has 0 saturated carbocycles. The van der Waals surface area contributed by atoms with Crippen LogP contribution in [0.2, 0.25) is 0 Å². The summed E-state index contributed by atoms with van der Waals surface area (Å²) in [5.41, 5.74) is 3.48. The van der Waals surface area contributed by atoms with Crippen molar-refractivity contribution in [3.8, 4) is 11.1 Å². The Morgan fingerprint density at radius 3 is 2.44 bits per heavy atom.